The fraction of sp³-hybridized carbons (Fsp3) is 0.455. The number of ether oxygens (including phenoxy) is 1. The van der Waals surface area contributed by atoms with E-state index in [1.807, 2.05) is 6.92 Å². The van der Waals surface area contributed by atoms with Crippen LogP contribution in [-0.2, 0) is 12.8 Å². The number of unbranched alkanes of at least 4 members (excludes halogenated alkanes) is 1. The lowest BCUT2D eigenvalue weighted by atomic mass is 10.1. The van der Waals surface area contributed by atoms with E-state index in [9.17, 15) is 9.90 Å². The zero-order valence-electron chi connectivity index (χ0n) is 18.8. The van der Waals surface area contributed by atoms with Gasteiger partial charge in [-0.3, -0.25) is 4.79 Å². The first kappa shape index (κ1) is 24.4. The van der Waals surface area contributed by atoms with Crippen LogP contribution in [0.4, 0.5) is 5.82 Å². The Morgan fingerprint density at radius 2 is 2.09 bits per heavy atom. The lowest BCUT2D eigenvalue weighted by Gasteiger charge is -2.07. The molecule has 1 aromatic carbocycles. The zero-order chi connectivity index (χ0) is 23.6. The number of hydrogen-bond donors (Lipinski definition) is 4. The molecule has 33 heavy (non-hydrogen) atoms. The minimum atomic E-state index is -0.281. The van der Waals surface area contributed by atoms with Gasteiger partial charge in [-0.2, -0.15) is 4.98 Å². The third kappa shape index (κ3) is 7.11. The molecule has 0 fully saturated rings. The normalized spacial score (nSPS) is 10.9. The predicted molar refractivity (Wildman–Crippen MR) is 124 cm³/mol. The van der Waals surface area contributed by atoms with Crippen LogP contribution in [0, 0.1) is 0 Å². The predicted octanol–water partition coefficient (Wildman–Crippen LogP) is 3.72. The zero-order valence-corrected chi connectivity index (χ0v) is 19.5. The number of nitrogens with one attached hydrogen (secondary N) is 3. The van der Waals surface area contributed by atoms with Crippen LogP contribution in [0.1, 0.15) is 60.9 Å². The fourth-order valence-corrected chi connectivity index (χ4v) is 3.31. The van der Waals surface area contributed by atoms with Crippen LogP contribution in [0.25, 0.3) is 0 Å². The molecular formula is C22H29ClN6O4. The summed E-state index contributed by atoms with van der Waals surface area (Å²) < 4.78 is 10.7. The van der Waals surface area contributed by atoms with E-state index in [4.69, 9.17) is 20.9 Å². The minimum absolute atomic E-state index is 0.0951. The maximum Gasteiger partial charge on any atom is 0.271 e. The maximum absolute atomic E-state index is 12.5. The number of carbonyl (C=O) groups is 1. The van der Waals surface area contributed by atoms with E-state index in [1.165, 1.54) is 0 Å². The Hall–Kier alpha value is -3.27. The highest BCUT2D eigenvalue weighted by molar-refractivity contribution is 6.28. The number of benzene rings is 1. The number of hydrogen-bond acceptors (Lipinski definition) is 8. The van der Waals surface area contributed by atoms with Gasteiger partial charge in [0.05, 0.1) is 6.61 Å². The molecule has 10 nitrogen and oxygen atoms in total. The number of H-pyrrole nitrogens is 1. The number of amides is 1. The number of carbonyl (C=O) groups excluding carboxylic acids is 1. The SMILES string of the molecule is CCCCNc1nc(Cl)[nH]c1C(=O)NCCCc1nc(Cc2ccc(O)c(OCC)c2)no1. The van der Waals surface area contributed by atoms with Gasteiger partial charge in [0, 0.05) is 25.9 Å². The molecule has 4 N–H and O–H groups in total. The Bertz CT molecular complexity index is 1050. The molecule has 0 radical (unpaired) electrons. The molecule has 0 spiro atoms. The van der Waals surface area contributed by atoms with E-state index in [0.29, 0.717) is 67.9 Å². The maximum atomic E-state index is 12.5. The molecule has 0 bridgehead atoms. The number of aromatic amines is 1. The number of nitrogens with zero attached hydrogens (tertiary/aromatic N) is 3. The first-order valence-electron chi connectivity index (χ1n) is 11.0. The van der Waals surface area contributed by atoms with Crippen molar-refractivity contribution < 1.29 is 19.2 Å². The van der Waals surface area contributed by atoms with Crippen LogP contribution in [-0.4, -0.2) is 50.8 Å². The van der Waals surface area contributed by atoms with Crippen molar-refractivity contribution in [3.05, 3.63) is 46.5 Å². The third-order valence-corrected chi connectivity index (χ3v) is 4.95. The number of phenolic OH excluding ortho intramolecular Hbond substituents is 1. The van der Waals surface area contributed by atoms with Gasteiger partial charge < -0.3 is 30.0 Å². The standard InChI is InChI=1S/C22H29ClN6O4/c1-3-5-10-24-20-19(27-22(23)28-20)21(31)25-11-6-7-18-26-17(29-33-18)13-14-8-9-15(30)16(12-14)32-4-2/h8-9,12,24,30H,3-7,10-11,13H2,1-2H3,(H,25,31)(H,27,28). The van der Waals surface area contributed by atoms with Crippen molar-refractivity contribution in [1.29, 1.82) is 0 Å². The smallest absolute Gasteiger partial charge is 0.271 e. The molecule has 1 amide bonds. The van der Waals surface area contributed by atoms with Crippen LogP contribution in [0.3, 0.4) is 0 Å². The largest absolute Gasteiger partial charge is 0.504 e. The quantitative estimate of drug-likeness (QED) is 0.274. The first-order chi connectivity index (χ1) is 16.0. The Morgan fingerprint density at radius 1 is 1.24 bits per heavy atom. The topological polar surface area (TPSA) is 138 Å². The van der Waals surface area contributed by atoms with E-state index >= 15 is 0 Å². The van der Waals surface area contributed by atoms with Gasteiger partial charge >= 0.3 is 0 Å². The van der Waals surface area contributed by atoms with Crippen molar-refractivity contribution in [1.82, 2.24) is 25.4 Å². The van der Waals surface area contributed by atoms with Crippen LogP contribution in [0.5, 0.6) is 11.5 Å². The first-order valence-corrected chi connectivity index (χ1v) is 11.4. The molecule has 0 aliphatic heterocycles. The molecule has 0 aliphatic rings. The molecule has 178 valence electrons. The summed E-state index contributed by atoms with van der Waals surface area (Å²) in [7, 11) is 0. The molecular weight excluding hydrogens is 448 g/mol. The van der Waals surface area contributed by atoms with E-state index in [0.717, 1.165) is 18.4 Å². The van der Waals surface area contributed by atoms with Gasteiger partial charge in [-0.1, -0.05) is 24.6 Å². The third-order valence-electron chi connectivity index (χ3n) is 4.77. The summed E-state index contributed by atoms with van der Waals surface area (Å²) in [4.78, 5) is 23.8. The van der Waals surface area contributed by atoms with Crippen molar-refractivity contribution in [2.45, 2.75) is 46.0 Å². The average molecular weight is 477 g/mol. The summed E-state index contributed by atoms with van der Waals surface area (Å²) in [5.41, 5.74) is 1.22. The molecule has 0 unspecified atom stereocenters. The highest BCUT2D eigenvalue weighted by Gasteiger charge is 2.16. The van der Waals surface area contributed by atoms with Gasteiger partial charge in [0.25, 0.3) is 5.91 Å². The number of phenols is 1. The van der Waals surface area contributed by atoms with Crippen LogP contribution in [0.2, 0.25) is 5.28 Å². The molecule has 0 saturated heterocycles. The van der Waals surface area contributed by atoms with E-state index in [2.05, 4.69) is 37.7 Å². The second-order valence-electron chi connectivity index (χ2n) is 7.41. The summed E-state index contributed by atoms with van der Waals surface area (Å²) in [6, 6.07) is 5.13. The van der Waals surface area contributed by atoms with Crippen molar-refractivity contribution in [3.63, 3.8) is 0 Å². The van der Waals surface area contributed by atoms with Crippen molar-refractivity contribution in [3.8, 4) is 11.5 Å². The summed E-state index contributed by atoms with van der Waals surface area (Å²) in [6.07, 6.45) is 3.61. The Morgan fingerprint density at radius 3 is 2.88 bits per heavy atom. The highest BCUT2D eigenvalue weighted by Crippen LogP contribution is 2.27. The number of halogens is 1. The van der Waals surface area contributed by atoms with Gasteiger partial charge in [-0.25, -0.2) is 4.98 Å². The summed E-state index contributed by atoms with van der Waals surface area (Å²) in [6.45, 7) is 5.55. The summed E-state index contributed by atoms with van der Waals surface area (Å²) >= 11 is 5.92. The highest BCUT2D eigenvalue weighted by atomic mass is 35.5. The monoisotopic (exact) mass is 476 g/mol. The minimum Gasteiger partial charge on any atom is -0.504 e. The molecule has 3 aromatic rings. The Labute approximate surface area is 197 Å². The Kier molecular flexibility index (Phi) is 8.94. The number of rotatable bonds is 13. The second-order valence-corrected chi connectivity index (χ2v) is 7.77. The number of aromatic hydroxyl groups is 1. The summed E-state index contributed by atoms with van der Waals surface area (Å²) in [5, 5.41) is 20.0. The van der Waals surface area contributed by atoms with Crippen molar-refractivity contribution in [2.24, 2.45) is 0 Å². The number of imidazole rings is 1. The average Bonchev–Trinajstić information content (AvgIpc) is 3.40. The molecule has 2 heterocycles. The molecule has 3 rings (SSSR count). The van der Waals surface area contributed by atoms with Gasteiger partial charge in [0.15, 0.2) is 23.1 Å². The van der Waals surface area contributed by atoms with Gasteiger partial charge in [-0.15, -0.1) is 0 Å². The second kappa shape index (κ2) is 12.1. The van der Waals surface area contributed by atoms with E-state index in [1.54, 1.807) is 18.2 Å². The van der Waals surface area contributed by atoms with Gasteiger partial charge in [0.1, 0.15) is 5.69 Å². The molecule has 11 heteroatoms. The summed E-state index contributed by atoms with van der Waals surface area (Å²) in [5.74, 6) is 1.73. The fourth-order valence-electron chi connectivity index (χ4n) is 3.14. The van der Waals surface area contributed by atoms with Gasteiger partial charge in [-0.05, 0) is 49.1 Å². The molecule has 0 saturated carbocycles. The number of anilines is 1. The number of aryl methyl sites for hydroxylation is 1. The molecule has 2 aromatic heterocycles. The van der Waals surface area contributed by atoms with Crippen LogP contribution < -0.4 is 15.4 Å². The van der Waals surface area contributed by atoms with E-state index in [-0.39, 0.29) is 16.9 Å². The van der Waals surface area contributed by atoms with Crippen molar-refractivity contribution >= 4 is 23.3 Å². The molecule has 0 aliphatic carbocycles. The van der Waals surface area contributed by atoms with Gasteiger partial charge in [0.2, 0.25) is 11.2 Å². The lowest BCUT2D eigenvalue weighted by Crippen LogP contribution is -2.26. The van der Waals surface area contributed by atoms with Crippen LogP contribution in [0.15, 0.2) is 22.7 Å². The van der Waals surface area contributed by atoms with Crippen LogP contribution >= 0.6 is 11.6 Å². The lowest BCUT2D eigenvalue weighted by molar-refractivity contribution is 0.0949. The molecule has 0 atom stereocenters. The number of aromatic nitrogens is 4. The Balaban J connectivity index is 1.46. The van der Waals surface area contributed by atoms with Crippen molar-refractivity contribution in [2.75, 3.05) is 25.0 Å². The van der Waals surface area contributed by atoms with E-state index < -0.39 is 0 Å².